The van der Waals surface area contributed by atoms with Crippen LogP contribution in [0.2, 0.25) is 0 Å². The highest BCUT2D eigenvalue weighted by molar-refractivity contribution is 5.93. The molecule has 2 aliphatic carbocycles. The Kier molecular flexibility index (Phi) is 2.35. The van der Waals surface area contributed by atoms with Gasteiger partial charge in [-0.2, -0.15) is 0 Å². The second-order valence-electron chi connectivity index (χ2n) is 5.36. The second-order valence-corrected chi connectivity index (χ2v) is 5.36. The van der Waals surface area contributed by atoms with Gasteiger partial charge in [0.25, 0.3) is 0 Å². The van der Waals surface area contributed by atoms with Crippen molar-refractivity contribution in [2.24, 2.45) is 17.8 Å². The Morgan fingerprint density at radius 1 is 1.29 bits per heavy atom. The summed E-state index contributed by atoms with van der Waals surface area (Å²) in [6.45, 7) is 1.82. The van der Waals surface area contributed by atoms with Crippen molar-refractivity contribution in [1.82, 2.24) is 0 Å². The third-order valence-electron chi connectivity index (χ3n) is 4.18. The maximum absolute atomic E-state index is 12.1. The number of hydrogen-bond acceptors (Lipinski definition) is 2. The van der Waals surface area contributed by atoms with Crippen LogP contribution >= 0.6 is 0 Å². The monoisotopic (exact) mass is 231 g/mol. The molecule has 0 aliphatic heterocycles. The van der Waals surface area contributed by atoms with Crippen molar-refractivity contribution >= 4 is 11.6 Å². The third kappa shape index (κ3) is 1.90. The van der Waals surface area contributed by atoms with Crippen LogP contribution in [-0.4, -0.2) is 11.0 Å². The van der Waals surface area contributed by atoms with Crippen LogP contribution in [0.1, 0.15) is 24.8 Å². The normalized spacial score (nSPS) is 29.8. The Hall–Kier alpha value is -1.51. The molecule has 2 fully saturated rings. The van der Waals surface area contributed by atoms with Crippen LogP contribution in [0, 0.1) is 24.7 Å². The first kappa shape index (κ1) is 10.6. The maximum Gasteiger partial charge on any atom is 0.227 e. The van der Waals surface area contributed by atoms with Crippen molar-refractivity contribution in [3.63, 3.8) is 0 Å². The minimum Gasteiger partial charge on any atom is -0.508 e. The number of carbonyl (C=O) groups excluding carboxylic acids is 1. The number of nitrogens with one attached hydrogen (secondary N) is 1. The summed E-state index contributed by atoms with van der Waals surface area (Å²) in [7, 11) is 0. The number of hydrogen-bond donors (Lipinski definition) is 2. The molecule has 1 amide bonds. The van der Waals surface area contributed by atoms with Gasteiger partial charge in [0.1, 0.15) is 5.75 Å². The molecule has 90 valence electrons. The van der Waals surface area contributed by atoms with Crippen molar-refractivity contribution < 1.29 is 9.90 Å². The summed E-state index contributed by atoms with van der Waals surface area (Å²) >= 11 is 0. The second kappa shape index (κ2) is 3.76. The number of anilines is 1. The first-order valence-electron chi connectivity index (χ1n) is 6.24. The van der Waals surface area contributed by atoms with Gasteiger partial charge in [-0.05, 0) is 50.2 Å². The van der Waals surface area contributed by atoms with Crippen molar-refractivity contribution in [2.45, 2.75) is 26.2 Å². The van der Waals surface area contributed by atoms with Gasteiger partial charge >= 0.3 is 0 Å². The van der Waals surface area contributed by atoms with Gasteiger partial charge in [-0.1, -0.05) is 6.07 Å². The molecule has 0 heterocycles. The SMILES string of the molecule is Cc1c(O)cccc1NC(=O)C1CC2CC2C1. The molecule has 2 unspecified atom stereocenters. The Morgan fingerprint density at radius 3 is 2.71 bits per heavy atom. The van der Waals surface area contributed by atoms with E-state index in [0.29, 0.717) is 0 Å². The summed E-state index contributed by atoms with van der Waals surface area (Å²) in [4.78, 5) is 12.1. The lowest BCUT2D eigenvalue weighted by Crippen LogP contribution is -2.22. The van der Waals surface area contributed by atoms with Crippen molar-refractivity contribution in [2.75, 3.05) is 5.32 Å². The highest BCUT2D eigenvalue weighted by atomic mass is 16.3. The zero-order valence-corrected chi connectivity index (χ0v) is 9.94. The quantitative estimate of drug-likeness (QED) is 0.822. The molecule has 2 N–H and O–H groups in total. The van der Waals surface area contributed by atoms with Crippen LogP contribution < -0.4 is 5.32 Å². The van der Waals surface area contributed by atoms with Gasteiger partial charge in [0.2, 0.25) is 5.91 Å². The van der Waals surface area contributed by atoms with Gasteiger partial charge in [0.15, 0.2) is 0 Å². The summed E-state index contributed by atoms with van der Waals surface area (Å²) in [5, 5.41) is 12.5. The lowest BCUT2D eigenvalue weighted by atomic mass is 10.0. The third-order valence-corrected chi connectivity index (χ3v) is 4.18. The van der Waals surface area contributed by atoms with Crippen LogP contribution in [0.4, 0.5) is 5.69 Å². The molecule has 2 saturated carbocycles. The number of aromatic hydroxyl groups is 1. The average molecular weight is 231 g/mol. The molecule has 1 aromatic carbocycles. The van der Waals surface area contributed by atoms with Gasteiger partial charge in [-0.3, -0.25) is 4.79 Å². The standard InChI is InChI=1S/C14H17NO2/c1-8-12(3-2-4-13(8)16)15-14(17)11-6-9-5-10(9)7-11/h2-4,9-11,16H,5-7H2,1H3,(H,15,17). The molecule has 3 rings (SSSR count). The first-order chi connectivity index (χ1) is 8.15. The number of benzene rings is 1. The summed E-state index contributed by atoms with van der Waals surface area (Å²) in [6, 6.07) is 5.22. The lowest BCUT2D eigenvalue weighted by molar-refractivity contribution is -0.120. The van der Waals surface area contributed by atoms with Crippen LogP contribution in [0.5, 0.6) is 5.75 Å². The van der Waals surface area contributed by atoms with E-state index in [1.807, 2.05) is 13.0 Å². The highest BCUT2D eigenvalue weighted by Gasteiger charge is 2.47. The van der Waals surface area contributed by atoms with E-state index >= 15 is 0 Å². The fraction of sp³-hybridized carbons (Fsp3) is 0.500. The highest BCUT2D eigenvalue weighted by Crippen LogP contribution is 2.54. The van der Waals surface area contributed by atoms with Crippen LogP contribution in [0.15, 0.2) is 18.2 Å². The molecule has 0 bridgehead atoms. The molecule has 0 aromatic heterocycles. The molecule has 3 nitrogen and oxygen atoms in total. The molecule has 2 atom stereocenters. The number of amides is 1. The lowest BCUT2D eigenvalue weighted by Gasteiger charge is -2.14. The van der Waals surface area contributed by atoms with Gasteiger partial charge in [-0.15, -0.1) is 0 Å². The molecular weight excluding hydrogens is 214 g/mol. The van der Waals surface area contributed by atoms with E-state index in [9.17, 15) is 9.90 Å². The Bertz CT molecular complexity index is 459. The van der Waals surface area contributed by atoms with E-state index in [-0.39, 0.29) is 17.6 Å². The fourth-order valence-electron chi connectivity index (χ4n) is 2.92. The molecule has 0 spiro atoms. The fourth-order valence-corrected chi connectivity index (χ4v) is 2.92. The molecule has 3 heteroatoms. The summed E-state index contributed by atoms with van der Waals surface area (Å²) in [5.41, 5.74) is 1.47. The van der Waals surface area contributed by atoms with Gasteiger partial charge in [0, 0.05) is 17.2 Å². The largest absolute Gasteiger partial charge is 0.508 e. The van der Waals surface area contributed by atoms with E-state index in [4.69, 9.17) is 0 Å². The Labute approximate surface area is 101 Å². The summed E-state index contributed by atoms with van der Waals surface area (Å²) in [6.07, 6.45) is 3.43. The van der Waals surface area contributed by atoms with Crippen LogP contribution in [0.25, 0.3) is 0 Å². The van der Waals surface area contributed by atoms with Crippen LogP contribution in [-0.2, 0) is 4.79 Å². The number of phenolic OH excluding ortho intramolecular Hbond substituents is 1. The van der Waals surface area contributed by atoms with E-state index in [1.165, 1.54) is 6.42 Å². The molecule has 17 heavy (non-hydrogen) atoms. The minimum absolute atomic E-state index is 0.117. The number of carbonyl (C=O) groups is 1. The van der Waals surface area contributed by atoms with Crippen molar-refractivity contribution in [3.05, 3.63) is 23.8 Å². The smallest absolute Gasteiger partial charge is 0.227 e. The minimum atomic E-state index is 0.117. The van der Waals surface area contributed by atoms with E-state index in [2.05, 4.69) is 5.32 Å². The molecular formula is C14H17NO2. The number of phenols is 1. The Morgan fingerprint density at radius 2 is 2.00 bits per heavy atom. The number of fused-ring (bicyclic) bond motifs is 1. The molecule has 0 saturated heterocycles. The van der Waals surface area contributed by atoms with Gasteiger partial charge in [0.05, 0.1) is 0 Å². The predicted molar refractivity (Wildman–Crippen MR) is 65.8 cm³/mol. The number of rotatable bonds is 2. The van der Waals surface area contributed by atoms with E-state index in [1.54, 1.807) is 12.1 Å². The molecule has 0 radical (unpaired) electrons. The predicted octanol–water partition coefficient (Wildman–Crippen LogP) is 2.69. The zero-order chi connectivity index (χ0) is 12.0. The van der Waals surface area contributed by atoms with Gasteiger partial charge in [-0.25, -0.2) is 0 Å². The van der Waals surface area contributed by atoms with Crippen LogP contribution in [0.3, 0.4) is 0 Å². The van der Waals surface area contributed by atoms with Crippen molar-refractivity contribution in [3.8, 4) is 5.75 Å². The first-order valence-corrected chi connectivity index (χ1v) is 6.24. The van der Waals surface area contributed by atoms with E-state index < -0.39 is 0 Å². The van der Waals surface area contributed by atoms with Gasteiger partial charge < -0.3 is 10.4 Å². The average Bonchev–Trinajstić information content (AvgIpc) is 2.92. The van der Waals surface area contributed by atoms with E-state index in [0.717, 1.165) is 35.9 Å². The molecule has 2 aliphatic rings. The molecule has 1 aromatic rings. The van der Waals surface area contributed by atoms with Crippen molar-refractivity contribution in [1.29, 1.82) is 0 Å². The maximum atomic E-state index is 12.1. The zero-order valence-electron chi connectivity index (χ0n) is 9.94. The summed E-state index contributed by atoms with van der Waals surface area (Å²) < 4.78 is 0. The Balaban J connectivity index is 1.69. The summed E-state index contributed by atoms with van der Waals surface area (Å²) in [5.74, 6) is 2.16. The topological polar surface area (TPSA) is 49.3 Å².